The number of aryl methyl sites for hydroxylation is 1. The van der Waals surface area contributed by atoms with Crippen molar-refractivity contribution in [3.05, 3.63) is 33.8 Å². The molecule has 0 spiro atoms. The number of nitrogens with two attached hydrogens (primary N) is 1. The minimum absolute atomic E-state index is 0.104. The Bertz CT molecular complexity index is 590. The Morgan fingerprint density at radius 1 is 1.11 bits per heavy atom. The number of benzene rings is 1. The predicted molar refractivity (Wildman–Crippen MR) is 60.6 cm³/mol. The molecule has 2 N–H and O–H groups in total. The van der Waals surface area contributed by atoms with Crippen LogP contribution in [-0.4, -0.2) is 9.78 Å². The maximum absolute atomic E-state index is 13.6. The molecule has 1 heterocycles. The molecule has 0 aliphatic carbocycles. The van der Waals surface area contributed by atoms with Gasteiger partial charge in [0.15, 0.2) is 23.3 Å². The fourth-order valence-corrected chi connectivity index (χ4v) is 1.78. The van der Waals surface area contributed by atoms with Gasteiger partial charge < -0.3 is 5.73 Å². The molecular formula is C10H6BrF4N3. The Labute approximate surface area is 107 Å². The van der Waals surface area contributed by atoms with Crippen LogP contribution in [-0.2, 0) is 7.05 Å². The smallest absolute Gasteiger partial charge is 0.176 e. The van der Waals surface area contributed by atoms with Crippen molar-refractivity contribution < 1.29 is 17.6 Å². The first-order chi connectivity index (χ1) is 8.34. The third kappa shape index (κ3) is 1.76. The van der Waals surface area contributed by atoms with Gasteiger partial charge in [0.25, 0.3) is 0 Å². The van der Waals surface area contributed by atoms with Crippen LogP contribution in [0.2, 0.25) is 0 Å². The highest BCUT2D eigenvalue weighted by molar-refractivity contribution is 9.10. The highest BCUT2D eigenvalue weighted by Crippen LogP contribution is 2.34. The van der Waals surface area contributed by atoms with Gasteiger partial charge in [-0.1, -0.05) is 0 Å². The molecule has 2 aromatic rings. The monoisotopic (exact) mass is 323 g/mol. The van der Waals surface area contributed by atoms with E-state index in [9.17, 15) is 17.6 Å². The van der Waals surface area contributed by atoms with Gasteiger partial charge >= 0.3 is 0 Å². The quantitative estimate of drug-likeness (QED) is 0.498. The summed E-state index contributed by atoms with van der Waals surface area (Å²) in [5, 5.41) is 3.68. The van der Waals surface area contributed by atoms with Crippen LogP contribution in [0.1, 0.15) is 0 Å². The van der Waals surface area contributed by atoms with Crippen LogP contribution >= 0.6 is 15.9 Å². The van der Waals surface area contributed by atoms with Gasteiger partial charge in [0.1, 0.15) is 11.5 Å². The molecule has 0 fully saturated rings. The first-order valence-electron chi connectivity index (χ1n) is 4.66. The molecule has 3 nitrogen and oxygen atoms in total. The maximum Gasteiger partial charge on any atom is 0.176 e. The van der Waals surface area contributed by atoms with Crippen molar-refractivity contribution >= 4 is 21.7 Å². The number of nitrogen functional groups attached to an aromatic ring is 1. The van der Waals surface area contributed by atoms with Gasteiger partial charge in [-0.15, -0.1) is 0 Å². The highest BCUT2D eigenvalue weighted by Gasteiger charge is 2.26. The number of anilines is 1. The lowest BCUT2D eigenvalue weighted by Crippen LogP contribution is -2.02. The summed E-state index contributed by atoms with van der Waals surface area (Å²) in [7, 11) is 1.43. The van der Waals surface area contributed by atoms with E-state index in [1.54, 1.807) is 0 Å². The molecular weight excluding hydrogens is 318 g/mol. The molecule has 0 saturated carbocycles. The van der Waals surface area contributed by atoms with E-state index in [0.717, 1.165) is 10.7 Å². The molecule has 0 radical (unpaired) electrons. The fraction of sp³-hybridized carbons (Fsp3) is 0.100. The average Bonchev–Trinajstić information content (AvgIpc) is 2.64. The summed E-state index contributed by atoms with van der Waals surface area (Å²) in [6, 6.07) is 1.12. The molecule has 0 saturated heterocycles. The summed E-state index contributed by atoms with van der Waals surface area (Å²) in [6.45, 7) is 0. The van der Waals surface area contributed by atoms with E-state index < -0.39 is 33.3 Å². The topological polar surface area (TPSA) is 43.8 Å². The summed E-state index contributed by atoms with van der Waals surface area (Å²) < 4.78 is 54.2. The number of hydrogen-bond donors (Lipinski definition) is 1. The molecule has 1 aromatic heterocycles. The first-order valence-corrected chi connectivity index (χ1v) is 5.45. The second kappa shape index (κ2) is 4.27. The largest absolute Gasteiger partial charge is 0.384 e. The number of nitrogens with zero attached hydrogens (tertiary/aromatic N) is 2. The lowest BCUT2D eigenvalue weighted by atomic mass is 10.1. The molecule has 0 unspecified atom stereocenters. The number of aromatic nitrogens is 2. The van der Waals surface area contributed by atoms with Gasteiger partial charge in [-0.25, -0.2) is 17.6 Å². The van der Waals surface area contributed by atoms with Crippen LogP contribution < -0.4 is 5.73 Å². The lowest BCUT2D eigenvalue weighted by Gasteiger charge is -2.06. The van der Waals surface area contributed by atoms with Crippen LogP contribution in [0.5, 0.6) is 0 Å². The van der Waals surface area contributed by atoms with Gasteiger partial charge in [-0.05, 0) is 15.9 Å². The summed E-state index contributed by atoms with van der Waals surface area (Å²) >= 11 is 2.43. The van der Waals surface area contributed by atoms with E-state index in [2.05, 4.69) is 21.0 Å². The van der Waals surface area contributed by atoms with Crippen LogP contribution in [0.3, 0.4) is 0 Å². The molecule has 1 aromatic carbocycles. The zero-order valence-electron chi connectivity index (χ0n) is 8.94. The minimum Gasteiger partial charge on any atom is -0.384 e. The van der Waals surface area contributed by atoms with Crippen LogP contribution in [0, 0.1) is 23.3 Å². The molecule has 0 atom stereocenters. The summed E-state index contributed by atoms with van der Waals surface area (Å²) in [5.41, 5.74) is 4.27. The van der Waals surface area contributed by atoms with E-state index >= 15 is 0 Å². The molecule has 96 valence electrons. The zero-order chi connectivity index (χ0) is 13.6. The average molecular weight is 324 g/mol. The summed E-state index contributed by atoms with van der Waals surface area (Å²) in [6.07, 6.45) is 0. The zero-order valence-corrected chi connectivity index (χ0v) is 10.5. The lowest BCUT2D eigenvalue weighted by molar-refractivity contribution is 0.450. The van der Waals surface area contributed by atoms with Gasteiger partial charge in [0.2, 0.25) is 0 Å². The Hall–Kier alpha value is -1.57. The minimum atomic E-state index is -1.53. The second-order valence-electron chi connectivity index (χ2n) is 3.52. The van der Waals surface area contributed by atoms with Crippen molar-refractivity contribution in [2.24, 2.45) is 7.05 Å². The van der Waals surface area contributed by atoms with Crippen LogP contribution in [0.4, 0.5) is 23.4 Å². The molecule has 0 aliphatic heterocycles. The van der Waals surface area contributed by atoms with Crippen LogP contribution in [0.15, 0.2) is 10.5 Å². The molecule has 2 rings (SSSR count). The standard InChI is InChI=1S/C10H6BrF4N3/c1-18-4(16)2-3(17-18)5-7(12)9(14)6(11)10(15)8(5)13/h2H,16H2,1H3. The van der Waals surface area contributed by atoms with Gasteiger partial charge in [0.05, 0.1) is 10.0 Å². The van der Waals surface area contributed by atoms with Gasteiger partial charge in [-0.3, -0.25) is 4.68 Å². The molecule has 0 bridgehead atoms. The van der Waals surface area contributed by atoms with Crippen molar-refractivity contribution in [2.75, 3.05) is 5.73 Å². The third-order valence-corrected chi connectivity index (χ3v) is 3.08. The first kappa shape index (κ1) is 12.9. The third-order valence-electron chi connectivity index (χ3n) is 2.38. The predicted octanol–water partition coefficient (Wildman–Crippen LogP) is 2.99. The molecule has 18 heavy (non-hydrogen) atoms. The van der Waals surface area contributed by atoms with E-state index in [1.807, 2.05) is 0 Å². The van der Waals surface area contributed by atoms with E-state index in [4.69, 9.17) is 5.73 Å². The number of halogens is 5. The fourth-order valence-electron chi connectivity index (χ4n) is 1.43. The Balaban J connectivity index is 2.79. The van der Waals surface area contributed by atoms with Crippen molar-refractivity contribution in [2.45, 2.75) is 0 Å². The SMILES string of the molecule is Cn1nc(-c2c(F)c(F)c(Br)c(F)c2F)cc1N. The molecule has 0 amide bonds. The summed E-state index contributed by atoms with van der Waals surface area (Å²) in [4.78, 5) is 0. The summed E-state index contributed by atoms with van der Waals surface area (Å²) in [5.74, 6) is -5.99. The maximum atomic E-state index is 13.6. The van der Waals surface area contributed by atoms with Crippen molar-refractivity contribution in [1.82, 2.24) is 9.78 Å². The normalized spacial score (nSPS) is 11.0. The highest BCUT2D eigenvalue weighted by atomic mass is 79.9. The molecule has 0 aliphatic rings. The van der Waals surface area contributed by atoms with E-state index in [1.165, 1.54) is 7.05 Å². The van der Waals surface area contributed by atoms with Crippen molar-refractivity contribution in [1.29, 1.82) is 0 Å². The van der Waals surface area contributed by atoms with Gasteiger partial charge in [0, 0.05) is 13.1 Å². The van der Waals surface area contributed by atoms with Crippen LogP contribution in [0.25, 0.3) is 11.3 Å². The van der Waals surface area contributed by atoms with E-state index in [-0.39, 0.29) is 11.5 Å². The van der Waals surface area contributed by atoms with Gasteiger partial charge in [-0.2, -0.15) is 5.10 Å². The molecule has 8 heteroatoms. The number of hydrogen-bond acceptors (Lipinski definition) is 2. The Morgan fingerprint density at radius 3 is 2.00 bits per heavy atom. The van der Waals surface area contributed by atoms with Crippen molar-refractivity contribution in [3.8, 4) is 11.3 Å². The van der Waals surface area contributed by atoms with Crippen molar-refractivity contribution in [3.63, 3.8) is 0 Å². The Kier molecular flexibility index (Phi) is 3.05. The number of rotatable bonds is 1. The Morgan fingerprint density at radius 2 is 1.61 bits per heavy atom. The van der Waals surface area contributed by atoms with E-state index in [0.29, 0.717) is 0 Å². The second-order valence-corrected chi connectivity index (χ2v) is 4.32.